The normalized spacial score (nSPS) is 10.4. The number of nitrogens with one attached hydrogen (secondary N) is 1. The predicted molar refractivity (Wildman–Crippen MR) is 55.6 cm³/mol. The van der Waals surface area contributed by atoms with E-state index >= 15 is 0 Å². The molecule has 5 N–H and O–H groups in total. The molecule has 0 aromatic rings. The van der Waals surface area contributed by atoms with E-state index in [1.54, 1.807) is 7.05 Å². The highest BCUT2D eigenvalue weighted by molar-refractivity contribution is 5.92. The standard InChI is InChI=1S/C7H14N2O.C2H5N/c1-4-6(7(8)10)5(2)9-3;1-2-3/h9H,4H2,1-3H3,(H2,8,10);2H,1,3H2/b6-5-;. The lowest BCUT2D eigenvalue weighted by molar-refractivity contribution is -0.114. The summed E-state index contributed by atoms with van der Waals surface area (Å²) >= 11 is 0. The van der Waals surface area contributed by atoms with Crippen molar-refractivity contribution in [3.8, 4) is 0 Å². The minimum Gasteiger partial charge on any atom is -0.405 e. The van der Waals surface area contributed by atoms with Crippen LogP contribution in [0.25, 0.3) is 0 Å². The van der Waals surface area contributed by atoms with Crippen LogP contribution in [-0.2, 0) is 4.79 Å². The highest BCUT2D eigenvalue weighted by Crippen LogP contribution is 2.03. The average molecular weight is 185 g/mol. The maximum absolute atomic E-state index is 10.7. The number of allylic oxidation sites excluding steroid dienone is 1. The molecule has 0 unspecified atom stereocenters. The molecule has 0 heterocycles. The fourth-order valence-electron chi connectivity index (χ4n) is 0.775. The van der Waals surface area contributed by atoms with Crippen LogP contribution in [0.15, 0.2) is 24.0 Å². The van der Waals surface area contributed by atoms with Gasteiger partial charge in [0.2, 0.25) is 5.91 Å². The Hall–Kier alpha value is -1.45. The highest BCUT2D eigenvalue weighted by Gasteiger charge is 2.04. The van der Waals surface area contributed by atoms with Crippen molar-refractivity contribution in [1.29, 1.82) is 0 Å². The van der Waals surface area contributed by atoms with Crippen LogP contribution in [-0.4, -0.2) is 13.0 Å². The molecule has 1 amide bonds. The van der Waals surface area contributed by atoms with Gasteiger partial charge in [0.25, 0.3) is 0 Å². The zero-order chi connectivity index (χ0) is 10.9. The summed E-state index contributed by atoms with van der Waals surface area (Å²) in [5.74, 6) is -0.339. The lowest BCUT2D eigenvalue weighted by atomic mass is 10.1. The molecular weight excluding hydrogens is 166 g/mol. The van der Waals surface area contributed by atoms with Crippen molar-refractivity contribution in [2.75, 3.05) is 7.05 Å². The van der Waals surface area contributed by atoms with E-state index in [4.69, 9.17) is 5.73 Å². The Balaban J connectivity index is 0. The van der Waals surface area contributed by atoms with Crippen LogP contribution in [0.1, 0.15) is 20.3 Å². The minimum atomic E-state index is -0.339. The van der Waals surface area contributed by atoms with Crippen LogP contribution in [0.2, 0.25) is 0 Å². The van der Waals surface area contributed by atoms with Crippen LogP contribution in [0.5, 0.6) is 0 Å². The van der Waals surface area contributed by atoms with E-state index in [0.717, 1.165) is 5.70 Å². The molecule has 13 heavy (non-hydrogen) atoms. The zero-order valence-electron chi connectivity index (χ0n) is 8.55. The summed E-state index contributed by atoms with van der Waals surface area (Å²) in [6, 6.07) is 0. The number of carbonyl (C=O) groups excluding carboxylic acids is 1. The minimum absolute atomic E-state index is 0.339. The Morgan fingerprint density at radius 3 is 2.08 bits per heavy atom. The quantitative estimate of drug-likeness (QED) is 0.559. The van der Waals surface area contributed by atoms with Crippen molar-refractivity contribution in [2.24, 2.45) is 11.5 Å². The largest absolute Gasteiger partial charge is 0.405 e. The van der Waals surface area contributed by atoms with Gasteiger partial charge in [-0.2, -0.15) is 0 Å². The number of rotatable bonds is 3. The van der Waals surface area contributed by atoms with Crippen molar-refractivity contribution in [2.45, 2.75) is 20.3 Å². The smallest absolute Gasteiger partial charge is 0.246 e. The number of amides is 1. The number of carbonyl (C=O) groups is 1. The van der Waals surface area contributed by atoms with Crippen molar-refractivity contribution < 1.29 is 4.79 Å². The van der Waals surface area contributed by atoms with Crippen LogP contribution in [0.3, 0.4) is 0 Å². The highest BCUT2D eigenvalue weighted by atomic mass is 16.1. The third-order valence-electron chi connectivity index (χ3n) is 1.48. The molecule has 0 aromatic heterocycles. The molecule has 4 nitrogen and oxygen atoms in total. The molecule has 0 rings (SSSR count). The molecule has 0 radical (unpaired) electrons. The summed E-state index contributed by atoms with van der Waals surface area (Å²) in [6.07, 6.45) is 1.93. The predicted octanol–water partition coefficient (Wildman–Crippen LogP) is 0.464. The van der Waals surface area contributed by atoms with Gasteiger partial charge in [0.1, 0.15) is 0 Å². The van der Waals surface area contributed by atoms with Crippen LogP contribution < -0.4 is 16.8 Å². The van der Waals surface area contributed by atoms with E-state index in [9.17, 15) is 4.79 Å². The monoisotopic (exact) mass is 185 g/mol. The molecule has 0 saturated heterocycles. The second-order valence-corrected chi connectivity index (χ2v) is 2.31. The molecule has 0 spiro atoms. The molecule has 0 saturated carbocycles. The first-order chi connectivity index (χ1) is 6.04. The first-order valence-electron chi connectivity index (χ1n) is 4.05. The fraction of sp³-hybridized carbons (Fsp3) is 0.444. The fourth-order valence-corrected chi connectivity index (χ4v) is 0.775. The van der Waals surface area contributed by atoms with Crippen molar-refractivity contribution in [3.63, 3.8) is 0 Å². The first kappa shape index (κ1) is 14.1. The summed E-state index contributed by atoms with van der Waals surface area (Å²) in [5, 5.41) is 2.88. The summed E-state index contributed by atoms with van der Waals surface area (Å²) in [6.45, 7) is 6.88. The second kappa shape index (κ2) is 8.64. The summed E-state index contributed by atoms with van der Waals surface area (Å²) in [7, 11) is 1.77. The van der Waals surface area contributed by atoms with Crippen LogP contribution in [0, 0.1) is 0 Å². The van der Waals surface area contributed by atoms with Crippen LogP contribution in [0.4, 0.5) is 0 Å². The topological polar surface area (TPSA) is 81.1 Å². The molecule has 0 aliphatic rings. The number of hydrogen-bond donors (Lipinski definition) is 3. The molecule has 0 atom stereocenters. The second-order valence-electron chi connectivity index (χ2n) is 2.31. The Bertz CT molecular complexity index is 197. The number of primary amides is 1. The number of nitrogens with two attached hydrogens (primary N) is 2. The van der Waals surface area contributed by atoms with E-state index in [2.05, 4.69) is 17.6 Å². The van der Waals surface area contributed by atoms with Gasteiger partial charge in [-0.05, 0) is 19.5 Å². The third-order valence-corrected chi connectivity index (χ3v) is 1.48. The van der Waals surface area contributed by atoms with Gasteiger partial charge >= 0.3 is 0 Å². The van der Waals surface area contributed by atoms with Crippen molar-refractivity contribution in [3.05, 3.63) is 24.0 Å². The molecule has 0 bridgehead atoms. The van der Waals surface area contributed by atoms with Crippen molar-refractivity contribution >= 4 is 5.91 Å². The van der Waals surface area contributed by atoms with Crippen LogP contribution >= 0.6 is 0 Å². The SMILES string of the molecule is C=CN.CC/C(C(N)=O)=C(\C)NC. The lowest BCUT2D eigenvalue weighted by Crippen LogP contribution is -2.18. The van der Waals surface area contributed by atoms with Gasteiger partial charge in [-0.15, -0.1) is 0 Å². The van der Waals surface area contributed by atoms with E-state index in [0.29, 0.717) is 12.0 Å². The first-order valence-corrected chi connectivity index (χ1v) is 4.05. The summed E-state index contributed by atoms with van der Waals surface area (Å²) in [5.41, 5.74) is 11.2. The molecule has 76 valence electrons. The van der Waals surface area contributed by atoms with Gasteiger partial charge in [0.15, 0.2) is 0 Å². The Morgan fingerprint density at radius 1 is 1.62 bits per heavy atom. The Kier molecular flexibility index (Phi) is 9.37. The van der Waals surface area contributed by atoms with E-state index < -0.39 is 0 Å². The van der Waals surface area contributed by atoms with Gasteiger partial charge in [0.05, 0.1) is 0 Å². The van der Waals surface area contributed by atoms with Gasteiger partial charge in [-0.1, -0.05) is 13.5 Å². The van der Waals surface area contributed by atoms with E-state index in [1.807, 2.05) is 13.8 Å². The molecule has 0 aromatic carbocycles. The van der Waals surface area contributed by atoms with Gasteiger partial charge in [0, 0.05) is 18.3 Å². The molecule has 0 fully saturated rings. The van der Waals surface area contributed by atoms with Gasteiger partial charge in [-0.3, -0.25) is 4.79 Å². The Morgan fingerprint density at radius 2 is 2.00 bits per heavy atom. The van der Waals surface area contributed by atoms with Crippen molar-refractivity contribution in [1.82, 2.24) is 5.32 Å². The van der Waals surface area contributed by atoms with E-state index in [1.165, 1.54) is 6.20 Å². The van der Waals surface area contributed by atoms with Gasteiger partial charge < -0.3 is 16.8 Å². The summed E-state index contributed by atoms with van der Waals surface area (Å²) < 4.78 is 0. The lowest BCUT2D eigenvalue weighted by Gasteiger charge is -2.04. The summed E-state index contributed by atoms with van der Waals surface area (Å²) in [4.78, 5) is 10.7. The zero-order valence-corrected chi connectivity index (χ0v) is 8.55. The maximum Gasteiger partial charge on any atom is 0.246 e. The average Bonchev–Trinajstić information content (AvgIpc) is 2.06. The van der Waals surface area contributed by atoms with E-state index in [-0.39, 0.29) is 5.91 Å². The third kappa shape index (κ3) is 6.93. The number of hydrogen-bond acceptors (Lipinski definition) is 3. The molecule has 0 aliphatic heterocycles. The molecular formula is C9H19N3O. The van der Waals surface area contributed by atoms with Gasteiger partial charge in [-0.25, -0.2) is 0 Å². The maximum atomic E-state index is 10.7. The Labute approximate surface area is 79.7 Å². The molecule has 4 heteroatoms. The molecule has 0 aliphatic carbocycles.